The highest BCUT2D eigenvalue weighted by atomic mass is 16.7. The van der Waals surface area contributed by atoms with E-state index in [-0.39, 0.29) is 18.8 Å². The van der Waals surface area contributed by atoms with Crippen LogP contribution in [0.15, 0.2) is 0 Å². The van der Waals surface area contributed by atoms with Crippen molar-refractivity contribution in [2.75, 3.05) is 19.8 Å². The Morgan fingerprint density at radius 3 is 2.28 bits per heavy atom. The van der Waals surface area contributed by atoms with Crippen LogP contribution in [0.4, 0.5) is 4.79 Å². The second kappa shape index (κ2) is 11.3. The van der Waals surface area contributed by atoms with Crippen molar-refractivity contribution in [3.63, 3.8) is 0 Å². The molecule has 1 N–H and O–H groups in total. The average Bonchev–Trinajstić information content (AvgIpc) is 2.36. The van der Waals surface area contributed by atoms with Gasteiger partial charge in [0.05, 0.1) is 25.4 Å². The van der Waals surface area contributed by atoms with Gasteiger partial charge in [0.2, 0.25) is 0 Å². The first-order valence-electron chi connectivity index (χ1n) is 6.72. The summed E-state index contributed by atoms with van der Waals surface area (Å²) in [6.45, 7) is 7.64. The zero-order chi connectivity index (χ0) is 13.8. The Morgan fingerprint density at radius 2 is 1.78 bits per heavy atom. The highest BCUT2D eigenvalue weighted by molar-refractivity contribution is 5.56. The van der Waals surface area contributed by atoms with Crippen LogP contribution in [-0.4, -0.2) is 43.3 Å². The molecule has 0 amide bonds. The van der Waals surface area contributed by atoms with E-state index in [1.54, 1.807) is 0 Å². The van der Waals surface area contributed by atoms with Gasteiger partial charge < -0.3 is 19.3 Å². The van der Waals surface area contributed by atoms with Gasteiger partial charge >= 0.3 is 6.16 Å². The Hall–Kier alpha value is -0.810. The first-order chi connectivity index (χ1) is 8.63. The fraction of sp³-hybridized carbons (Fsp3) is 0.923. The Balaban J connectivity index is 3.71. The predicted molar refractivity (Wildman–Crippen MR) is 68.9 cm³/mol. The Morgan fingerprint density at radius 1 is 1.11 bits per heavy atom. The normalized spacial score (nSPS) is 14.2. The van der Waals surface area contributed by atoms with Crippen molar-refractivity contribution in [2.45, 2.75) is 58.7 Å². The quantitative estimate of drug-likeness (QED) is 0.458. The van der Waals surface area contributed by atoms with E-state index in [1.165, 1.54) is 0 Å². The van der Waals surface area contributed by atoms with Crippen LogP contribution >= 0.6 is 0 Å². The summed E-state index contributed by atoms with van der Waals surface area (Å²) in [7, 11) is 0. The van der Waals surface area contributed by atoms with Crippen LogP contribution in [0, 0.1) is 0 Å². The molecule has 0 saturated heterocycles. The zero-order valence-electron chi connectivity index (χ0n) is 11.7. The molecular weight excluding hydrogens is 236 g/mol. The molecule has 2 unspecified atom stereocenters. The monoisotopic (exact) mass is 262 g/mol. The fourth-order valence-electron chi connectivity index (χ4n) is 1.64. The molecular formula is C13H26O5. The van der Waals surface area contributed by atoms with Crippen LogP contribution in [0.25, 0.3) is 0 Å². The molecule has 0 bridgehead atoms. The third-order valence-corrected chi connectivity index (χ3v) is 2.73. The van der Waals surface area contributed by atoms with Gasteiger partial charge in [-0.1, -0.05) is 13.8 Å². The van der Waals surface area contributed by atoms with Crippen molar-refractivity contribution in [3.8, 4) is 0 Å². The van der Waals surface area contributed by atoms with E-state index in [2.05, 4.69) is 18.6 Å². The van der Waals surface area contributed by atoms with Gasteiger partial charge in [0.1, 0.15) is 0 Å². The summed E-state index contributed by atoms with van der Waals surface area (Å²) >= 11 is 0. The summed E-state index contributed by atoms with van der Waals surface area (Å²) in [6, 6.07) is 0. The maximum absolute atomic E-state index is 10.2. The van der Waals surface area contributed by atoms with Gasteiger partial charge in [-0.2, -0.15) is 0 Å². The van der Waals surface area contributed by atoms with Crippen LogP contribution in [0.3, 0.4) is 0 Å². The minimum atomic E-state index is -1.22. The Labute approximate surface area is 109 Å². The molecule has 0 fully saturated rings. The Kier molecular flexibility index (Phi) is 10.8. The van der Waals surface area contributed by atoms with Crippen LogP contribution < -0.4 is 0 Å². The van der Waals surface area contributed by atoms with Crippen molar-refractivity contribution in [1.29, 1.82) is 0 Å². The molecule has 0 aliphatic rings. The van der Waals surface area contributed by atoms with Gasteiger partial charge in [0, 0.05) is 6.61 Å². The molecule has 0 saturated carbocycles. The van der Waals surface area contributed by atoms with Crippen molar-refractivity contribution in [3.05, 3.63) is 0 Å². The molecule has 5 heteroatoms. The number of hydrogen-bond donors (Lipinski definition) is 1. The van der Waals surface area contributed by atoms with Gasteiger partial charge in [-0.25, -0.2) is 4.79 Å². The van der Waals surface area contributed by atoms with E-state index in [1.807, 2.05) is 6.92 Å². The molecule has 0 aliphatic carbocycles. The summed E-state index contributed by atoms with van der Waals surface area (Å²) in [6.07, 6.45) is 2.44. The summed E-state index contributed by atoms with van der Waals surface area (Å²) in [5.74, 6) is 0. The molecule has 0 spiro atoms. The minimum absolute atomic E-state index is 0.150. The molecule has 18 heavy (non-hydrogen) atoms. The summed E-state index contributed by atoms with van der Waals surface area (Å²) in [4.78, 5) is 10.2. The van der Waals surface area contributed by atoms with Crippen molar-refractivity contribution < 1.29 is 24.1 Å². The van der Waals surface area contributed by atoms with Gasteiger partial charge in [0.15, 0.2) is 0 Å². The van der Waals surface area contributed by atoms with Crippen LogP contribution in [0.2, 0.25) is 0 Å². The predicted octanol–water partition coefficient (Wildman–Crippen LogP) is 3.07. The molecule has 2 atom stereocenters. The molecule has 108 valence electrons. The van der Waals surface area contributed by atoms with Gasteiger partial charge in [-0.15, -0.1) is 0 Å². The second-order valence-corrected chi connectivity index (χ2v) is 4.11. The second-order valence-electron chi connectivity index (χ2n) is 4.11. The highest BCUT2D eigenvalue weighted by Gasteiger charge is 2.11. The number of carbonyl (C=O) groups is 1. The van der Waals surface area contributed by atoms with Crippen molar-refractivity contribution in [2.24, 2.45) is 0 Å². The number of hydrogen-bond acceptors (Lipinski definition) is 4. The molecule has 0 heterocycles. The smallest absolute Gasteiger partial charge is 0.450 e. The molecule has 0 rings (SSSR count). The topological polar surface area (TPSA) is 65.0 Å². The Bertz CT molecular complexity index is 208. The molecule has 0 aromatic heterocycles. The van der Waals surface area contributed by atoms with E-state index in [0.717, 1.165) is 19.3 Å². The third kappa shape index (κ3) is 9.24. The lowest BCUT2D eigenvalue weighted by Gasteiger charge is -2.20. The lowest BCUT2D eigenvalue weighted by Crippen LogP contribution is -2.24. The van der Waals surface area contributed by atoms with Crippen LogP contribution in [0.1, 0.15) is 46.5 Å². The van der Waals surface area contributed by atoms with Crippen molar-refractivity contribution in [1.82, 2.24) is 0 Å². The van der Waals surface area contributed by atoms with E-state index in [0.29, 0.717) is 19.6 Å². The maximum Gasteiger partial charge on any atom is 0.505 e. The average molecular weight is 262 g/mol. The van der Waals surface area contributed by atoms with Crippen molar-refractivity contribution >= 4 is 6.16 Å². The lowest BCUT2D eigenvalue weighted by molar-refractivity contribution is -0.0467. The van der Waals surface area contributed by atoms with Gasteiger partial charge in [-0.3, -0.25) is 0 Å². The summed E-state index contributed by atoms with van der Waals surface area (Å²) in [5, 5.41) is 8.33. The molecule has 5 nitrogen and oxygen atoms in total. The SMILES string of the molecule is CCOC(CC)COC(CC)CCCOC(=O)O. The zero-order valence-corrected chi connectivity index (χ0v) is 11.7. The molecule has 0 aromatic rings. The minimum Gasteiger partial charge on any atom is -0.450 e. The van der Waals surface area contributed by atoms with Crippen LogP contribution in [0.5, 0.6) is 0 Å². The van der Waals surface area contributed by atoms with E-state index < -0.39 is 6.16 Å². The van der Waals surface area contributed by atoms with Gasteiger partial charge in [-0.05, 0) is 32.6 Å². The van der Waals surface area contributed by atoms with Crippen LogP contribution in [-0.2, 0) is 14.2 Å². The largest absolute Gasteiger partial charge is 0.505 e. The van der Waals surface area contributed by atoms with E-state index in [9.17, 15) is 4.79 Å². The first-order valence-corrected chi connectivity index (χ1v) is 6.72. The van der Waals surface area contributed by atoms with E-state index >= 15 is 0 Å². The van der Waals surface area contributed by atoms with Gasteiger partial charge in [0.25, 0.3) is 0 Å². The molecule has 0 aromatic carbocycles. The first kappa shape index (κ1) is 17.2. The number of carboxylic acid groups (broad SMARTS) is 1. The van der Waals surface area contributed by atoms with E-state index in [4.69, 9.17) is 14.6 Å². The molecule has 0 radical (unpaired) electrons. The summed E-state index contributed by atoms with van der Waals surface area (Å²) < 4.78 is 15.8. The fourth-order valence-corrected chi connectivity index (χ4v) is 1.64. The maximum atomic E-state index is 10.2. The number of rotatable bonds is 11. The molecule has 0 aliphatic heterocycles. The third-order valence-electron chi connectivity index (χ3n) is 2.73. The summed E-state index contributed by atoms with van der Waals surface area (Å²) in [5.41, 5.74) is 0. The standard InChI is InChI=1S/C13H26O5/c1-4-11(8-7-9-17-13(14)15)18-10-12(5-2)16-6-3/h11-12H,4-10H2,1-3H3,(H,14,15). The highest BCUT2D eigenvalue weighted by Crippen LogP contribution is 2.09. The number of ether oxygens (including phenoxy) is 3. The lowest BCUT2D eigenvalue weighted by atomic mass is 10.1.